The highest BCUT2D eigenvalue weighted by Crippen LogP contribution is 2.43. The maximum Gasteiger partial charge on any atom is 0.413 e. The third kappa shape index (κ3) is 3.94. The molecule has 1 saturated carbocycles. The van der Waals surface area contributed by atoms with Crippen LogP contribution in [-0.2, 0) is 0 Å². The first-order valence-electron chi connectivity index (χ1n) is 8.00. The van der Waals surface area contributed by atoms with Crippen molar-refractivity contribution in [3.05, 3.63) is 17.8 Å². The minimum atomic E-state index is -2.59. The molecule has 1 aromatic heterocycles. The van der Waals surface area contributed by atoms with Crippen LogP contribution in [0.15, 0.2) is 12.3 Å². The summed E-state index contributed by atoms with van der Waals surface area (Å²) in [5.41, 5.74) is 0.0918. The molecule has 0 spiro atoms. The number of amides is 1. The number of anilines is 1. The van der Waals surface area contributed by atoms with Gasteiger partial charge >= 0.3 is 6.09 Å². The molecule has 7 heteroatoms. The molecule has 0 bridgehead atoms. The highest BCUT2D eigenvalue weighted by molar-refractivity contribution is 5.86. The largest absolute Gasteiger partial charge is 0.496 e. The first kappa shape index (κ1) is 18.4. The summed E-state index contributed by atoms with van der Waals surface area (Å²) in [5.74, 6) is -1.89. The molecule has 24 heavy (non-hydrogen) atoms. The van der Waals surface area contributed by atoms with Crippen molar-refractivity contribution in [1.82, 2.24) is 4.98 Å². The van der Waals surface area contributed by atoms with Crippen LogP contribution in [0.5, 0.6) is 5.75 Å². The number of hydrogen-bond acceptors (Lipinski definition) is 3. The van der Waals surface area contributed by atoms with E-state index in [0.29, 0.717) is 18.6 Å². The summed E-state index contributed by atoms with van der Waals surface area (Å²) in [6.07, 6.45) is 0.891. The minimum Gasteiger partial charge on any atom is -0.496 e. The number of alkyl halides is 2. The molecule has 1 aromatic rings. The van der Waals surface area contributed by atoms with Crippen LogP contribution >= 0.6 is 0 Å². The number of hydrogen-bond donors (Lipinski definition) is 1. The third-order valence-electron chi connectivity index (χ3n) is 4.35. The lowest BCUT2D eigenvalue weighted by Crippen LogP contribution is -2.45. The van der Waals surface area contributed by atoms with Gasteiger partial charge in [-0.3, -0.25) is 4.90 Å². The van der Waals surface area contributed by atoms with Crippen molar-refractivity contribution in [2.45, 2.75) is 63.8 Å². The molecule has 5 nitrogen and oxygen atoms in total. The highest BCUT2D eigenvalue weighted by Gasteiger charge is 2.37. The molecule has 0 aromatic carbocycles. The van der Waals surface area contributed by atoms with Crippen LogP contribution in [0.3, 0.4) is 0 Å². The Morgan fingerprint density at radius 3 is 2.42 bits per heavy atom. The van der Waals surface area contributed by atoms with E-state index in [1.54, 1.807) is 33.0 Å². The second kappa shape index (κ2) is 6.53. The van der Waals surface area contributed by atoms with E-state index >= 15 is 0 Å². The van der Waals surface area contributed by atoms with Crippen LogP contribution in [0.1, 0.15) is 57.9 Å². The SMILES string of the molecule is COc1cc(N(C(=O)O)C(C)(C)C)ncc1C1CCC(F)(F)CC1. The quantitative estimate of drug-likeness (QED) is 0.867. The Labute approximate surface area is 140 Å². The Morgan fingerprint density at radius 2 is 1.96 bits per heavy atom. The standard InChI is InChI=1S/C17H24F2N2O3/c1-16(2,3)21(15(22)23)14-9-13(24-4)12(10-20-14)11-5-7-17(18,19)8-6-11/h9-11H,5-8H2,1-4H3,(H,22,23). The van der Waals surface area contributed by atoms with E-state index in [9.17, 15) is 18.7 Å². The average Bonchev–Trinajstić information content (AvgIpc) is 2.45. The van der Waals surface area contributed by atoms with Crippen molar-refractivity contribution in [1.29, 1.82) is 0 Å². The van der Waals surface area contributed by atoms with E-state index in [1.165, 1.54) is 7.11 Å². The molecule has 1 N–H and O–H groups in total. The van der Waals surface area contributed by atoms with E-state index in [0.717, 1.165) is 10.5 Å². The number of nitrogens with zero attached hydrogens (tertiary/aromatic N) is 2. The van der Waals surface area contributed by atoms with Gasteiger partial charge in [0, 0.05) is 36.2 Å². The van der Waals surface area contributed by atoms with Crippen LogP contribution in [0.2, 0.25) is 0 Å². The monoisotopic (exact) mass is 342 g/mol. The number of carboxylic acid groups (broad SMARTS) is 1. The Bertz CT molecular complexity index is 604. The normalized spacial score (nSPS) is 18.2. The second-order valence-electron chi connectivity index (χ2n) is 7.20. The maximum atomic E-state index is 13.3. The predicted molar refractivity (Wildman–Crippen MR) is 87.2 cm³/mol. The molecule has 1 aliphatic carbocycles. The van der Waals surface area contributed by atoms with E-state index in [2.05, 4.69) is 4.98 Å². The van der Waals surface area contributed by atoms with Gasteiger partial charge in [0.1, 0.15) is 11.6 Å². The van der Waals surface area contributed by atoms with Gasteiger partial charge in [-0.25, -0.2) is 18.6 Å². The number of pyridine rings is 1. The number of halogens is 2. The molecule has 0 atom stereocenters. The average molecular weight is 342 g/mol. The first-order valence-corrected chi connectivity index (χ1v) is 8.00. The fraction of sp³-hybridized carbons (Fsp3) is 0.647. The van der Waals surface area contributed by atoms with Gasteiger partial charge in [-0.05, 0) is 39.5 Å². The third-order valence-corrected chi connectivity index (χ3v) is 4.35. The van der Waals surface area contributed by atoms with Crippen LogP contribution in [0.25, 0.3) is 0 Å². The van der Waals surface area contributed by atoms with E-state index in [-0.39, 0.29) is 24.6 Å². The van der Waals surface area contributed by atoms with Crippen molar-refractivity contribution in [2.24, 2.45) is 0 Å². The lowest BCUT2D eigenvalue weighted by molar-refractivity contribution is -0.0383. The van der Waals surface area contributed by atoms with Crippen LogP contribution in [0.4, 0.5) is 19.4 Å². The van der Waals surface area contributed by atoms with Gasteiger partial charge in [-0.1, -0.05) is 0 Å². The summed E-state index contributed by atoms with van der Waals surface area (Å²) >= 11 is 0. The van der Waals surface area contributed by atoms with Gasteiger partial charge < -0.3 is 9.84 Å². The molecule has 1 amide bonds. The van der Waals surface area contributed by atoms with Gasteiger partial charge in [0.2, 0.25) is 5.92 Å². The zero-order valence-electron chi connectivity index (χ0n) is 14.5. The smallest absolute Gasteiger partial charge is 0.413 e. The predicted octanol–water partition coefficient (Wildman–Crippen LogP) is 4.67. The van der Waals surface area contributed by atoms with Crippen molar-refractivity contribution < 1.29 is 23.4 Å². The molecular weight excluding hydrogens is 318 g/mol. The van der Waals surface area contributed by atoms with Crippen LogP contribution in [-0.4, -0.2) is 34.8 Å². The van der Waals surface area contributed by atoms with Gasteiger partial charge in [-0.15, -0.1) is 0 Å². The van der Waals surface area contributed by atoms with E-state index in [4.69, 9.17) is 4.74 Å². The molecule has 1 fully saturated rings. The summed E-state index contributed by atoms with van der Waals surface area (Å²) in [6.45, 7) is 5.31. The molecule has 0 saturated heterocycles. The number of rotatable bonds is 3. The summed E-state index contributed by atoms with van der Waals surface area (Å²) < 4.78 is 32.1. The second-order valence-corrected chi connectivity index (χ2v) is 7.20. The minimum absolute atomic E-state index is 0.0472. The Hall–Kier alpha value is -1.92. The molecule has 0 aliphatic heterocycles. The van der Waals surface area contributed by atoms with E-state index in [1.807, 2.05) is 0 Å². The zero-order valence-corrected chi connectivity index (χ0v) is 14.5. The summed E-state index contributed by atoms with van der Waals surface area (Å²) in [5, 5.41) is 9.46. The van der Waals surface area contributed by atoms with Gasteiger partial charge in [0.05, 0.1) is 7.11 Å². The summed E-state index contributed by atoms with van der Waals surface area (Å²) in [6, 6.07) is 1.57. The topological polar surface area (TPSA) is 62.7 Å². The van der Waals surface area contributed by atoms with Crippen LogP contribution in [0, 0.1) is 0 Å². The Kier molecular flexibility index (Phi) is 5.01. The van der Waals surface area contributed by atoms with Crippen LogP contribution < -0.4 is 9.64 Å². The van der Waals surface area contributed by atoms with Crippen molar-refractivity contribution in [2.75, 3.05) is 12.0 Å². The lowest BCUT2D eigenvalue weighted by Gasteiger charge is -2.33. The number of ether oxygens (including phenoxy) is 1. The molecule has 1 aliphatic rings. The lowest BCUT2D eigenvalue weighted by atomic mass is 9.82. The fourth-order valence-electron chi connectivity index (χ4n) is 3.12. The molecule has 134 valence electrons. The van der Waals surface area contributed by atoms with Crippen molar-refractivity contribution >= 4 is 11.9 Å². The summed E-state index contributed by atoms with van der Waals surface area (Å²) in [4.78, 5) is 17.0. The zero-order chi connectivity index (χ0) is 18.1. The Balaban J connectivity index is 2.33. The maximum absolute atomic E-state index is 13.3. The summed E-state index contributed by atoms with van der Waals surface area (Å²) in [7, 11) is 1.49. The van der Waals surface area contributed by atoms with Crippen molar-refractivity contribution in [3.8, 4) is 5.75 Å². The van der Waals surface area contributed by atoms with E-state index < -0.39 is 17.6 Å². The number of aromatic nitrogens is 1. The first-order chi connectivity index (χ1) is 11.0. The highest BCUT2D eigenvalue weighted by atomic mass is 19.3. The van der Waals surface area contributed by atoms with Gasteiger partial charge in [0.15, 0.2) is 0 Å². The number of carbonyl (C=O) groups is 1. The molecule has 1 heterocycles. The fourth-order valence-corrected chi connectivity index (χ4v) is 3.12. The molecule has 0 radical (unpaired) electrons. The Morgan fingerprint density at radius 1 is 1.38 bits per heavy atom. The molecular formula is C17H24F2N2O3. The van der Waals surface area contributed by atoms with Crippen molar-refractivity contribution in [3.63, 3.8) is 0 Å². The van der Waals surface area contributed by atoms with Gasteiger partial charge in [0.25, 0.3) is 0 Å². The molecule has 2 rings (SSSR count). The molecule has 0 unspecified atom stereocenters. The van der Waals surface area contributed by atoms with Gasteiger partial charge in [-0.2, -0.15) is 0 Å². The number of methoxy groups -OCH3 is 1.